The zero-order valence-electron chi connectivity index (χ0n) is 19.0. The average molecular weight is 468 g/mol. The highest BCUT2D eigenvalue weighted by atomic mass is 32.2. The van der Waals surface area contributed by atoms with Crippen molar-refractivity contribution in [1.29, 1.82) is 0 Å². The normalized spacial score (nSPS) is 31.8. The number of ether oxygens (including phenoxy) is 2. The number of carbonyl (C=O) groups is 1. The summed E-state index contributed by atoms with van der Waals surface area (Å²) in [7, 11) is -3.64. The van der Waals surface area contributed by atoms with Gasteiger partial charge in [-0.25, -0.2) is 17.9 Å². The van der Waals surface area contributed by atoms with E-state index in [9.17, 15) is 13.2 Å². The highest BCUT2D eigenvalue weighted by molar-refractivity contribution is 7.90. The summed E-state index contributed by atoms with van der Waals surface area (Å²) in [5.41, 5.74) is 1.30. The Morgan fingerprint density at radius 3 is 2.45 bits per heavy atom. The van der Waals surface area contributed by atoms with Crippen LogP contribution in [0.3, 0.4) is 0 Å². The van der Waals surface area contributed by atoms with Crippen molar-refractivity contribution in [2.75, 3.05) is 0 Å². The molecule has 1 N–H and O–H groups in total. The lowest BCUT2D eigenvalue weighted by Crippen LogP contribution is -2.68. The van der Waals surface area contributed by atoms with Gasteiger partial charge in [0.05, 0.1) is 17.7 Å². The fourth-order valence-electron chi connectivity index (χ4n) is 5.17. The number of sulfonamides is 1. The standard InChI is InChI=1S/C26H29NO5S/c1-25(2,3)19-11-9-18(10-12-19)24(28)31-23-21(15-17-7-5-4-6-8-17)27-33(29,30)22-16-20-13-14-26(22,23)32-20/h4-14,20-23,27H,15-16H2,1-3H3/t20-,21-,22-,23-,26+/m0/s1. The smallest absolute Gasteiger partial charge is 0.338 e. The number of nitrogens with one attached hydrogen (secondary N) is 1. The summed E-state index contributed by atoms with van der Waals surface area (Å²) in [6.45, 7) is 6.34. The number of rotatable bonds is 4. The molecule has 2 fully saturated rings. The van der Waals surface area contributed by atoms with Crippen LogP contribution < -0.4 is 4.72 Å². The van der Waals surface area contributed by atoms with E-state index in [-0.39, 0.29) is 11.5 Å². The SMILES string of the molecule is CC(C)(C)c1ccc(C(=O)O[C@H]2[C@H](Cc3ccccc3)NS(=O)(=O)[C@H]3C[C@@H]4C=C[C@]23O4)cc1. The van der Waals surface area contributed by atoms with Gasteiger partial charge in [0.25, 0.3) is 0 Å². The number of hydrogen-bond donors (Lipinski definition) is 1. The van der Waals surface area contributed by atoms with Gasteiger partial charge in [0, 0.05) is 0 Å². The lowest BCUT2D eigenvalue weighted by Gasteiger charge is -2.45. The lowest BCUT2D eigenvalue weighted by atomic mass is 9.83. The Bertz CT molecular complexity index is 1180. The molecule has 2 aromatic carbocycles. The van der Waals surface area contributed by atoms with Crippen molar-refractivity contribution in [2.45, 2.75) is 68.1 Å². The zero-order valence-corrected chi connectivity index (χ0v) is 19.8. The van der Waals surface area contributed by atoms with Gasteiger partial charge >= 0.3 is 5.97 Å². The summed E-state index contributed by atoms with van der Waals surface area (Å²) in [5.74, 6) is -0.486. The molecule has 0 aromatic heterocycles. The van der Waals surface area contributed by atoms with Crippen LogP contribution in [0.25, 0.3) is 0 Å². The number of carbonyl (C=O) groups excluding carboxylic acids is 1. The van der Waals surface area contributed by atoms with Gasteiger partial charge in [0.2, 0.25) is 10.0 Å². The highest BCUT2D eigenvalue weighted by Crippen LogP contribution is 2.48. The first kappa shape index (κ1) is 22.3. The molecule has 0 radical (unpaired) electrons. The van der Waals surface area contributed by atoms with Crippen LogP contribution in [0, 0.1) is 0 Å². The molecular formula is C26H29NO5S. The van der Waals surface area contributed by atoms with Crippen molar-refractivity contribution in [3.63, 3.8) is 0 Å². The Hall–Kier alpha value is -2.48. The van der Waals surface area contributed by atoms with Gasteiger partial charge in [-0.15, -0.1) is 0 Å². The van der Waals surface area contributed by atoms with E-state index in [4.69, 9.17) is 9.47 Å². The lowest BCUT2D eigenvalue weighted by molar-refractivity contribution is -0.0867. The molecule has 3 aliphatic heterocycles. The summed E-state index contributed by atoms with van der Waals surface area (Å²) in [6, 6.07) is 16.3. The van der Waals surface area contributed by atoms with Crippen molar-refractivity contribution in [3.8, 4) is 0 Å². The molecule has 2 aromatic rings. The van der Waals surface area contributed by atoms with E-state index in [2.05, 4.69) is 25.5 Å². The molecule has 0 aliphatic carbocycles. The monoisotopic (exact) mass is 467 g/mol. The van der Waals surface area contributed by atoms with Gasteiger partial charge in [-0.2, -0.15) is 0 Å². The van der Waals surface area contributed by atoms with Crippen LogP contribution in [0.15, 0.2) is 66.7 Å². The van der Waals surface area contributed by atoms with E-state index in [1.54, 1.807) is 18.2 Å². The maximum Gasteiger partial charge on any atom is 0.338 e. The van der Waals surface area contributed by atoms with E-state index in [0.717, 1.165) is 11.1 Å². The van der Waals surface area contributed by atoms with E-state index in [1.807, 2.05) is 48.5 Å². The first-order valence-corrected chi connectivity index (χ1v) is 12.9. The fraction of sp³-hybridized carbons (Fsp3) is 0.423. The molecule has 0 saturated carbocycles. The van der Waals surface area contributed by atoms with Crippen LogP contribution in [0.5, 0.6) is 0 Å². The molecule has 0 amide bonds. The predicted octanol–water partition coefficient (Wildman–Crippen LogP) is 3.52. The summed E-state index contributed by atoms with van der Waals surface area (Å²) < 4.78 is 41.3. The van der Waals surface area contributed by atoms with Crippen LogP contribution in [0.2, 0.25) is 0 Å². The minimum absolute atomic E-state index is 0.0294. The van der Waals surface area contributed by atoms with Crippen molar-refractivity contribution in [1.82, 2.24) is 4.72 Å². The van der Waals surface area contributed by atoms with Crippen molar-refractivity contribution >= 4 is 16.0 Å². The Morgan fingerprint density at radius 1 is 1.12 bits per heavy atom. The Kier molecular flexibility index (Phi) is 5.27. The molecule has 2 bridgehead atoms. The van der Waals surface area contributed by atoms with Crippen LogP contribution in [-0.4, -0.2) is 43.5 Å². The third-order valence-electron chi connectivity index (χ3n) is 6.90. The first-order valence-electron chi connectivity index (χ1n) is 11.3. The largest absolute Gasteiger partial charge is 0.454 e. The second-order valence-corrected chi connectivity index (χ2v) is 12.1. The van der Waals surface area contributed by atoms with Crippen LogP contribution in [0.4, 0.5) is 0 Å². The zero-order chi connectivity index (χ0) is 23.4. The number of benzene rings is 2. The third-order valence-corrected chi connectivity index (χ3v) is 8.84. The third kappa shape index (κ3) is 3.92. The minimum atomic E-state index is -3.64. The van der Waals surface area contributed by atoms with Gasteiger partial charge in [0.15, 0.2) is 6.10 Å². The maximum atomic E-state index is 13.2. The van der Waals surface area contributed by atoms with E-state index in [1.165, 1.54) is 0 Å². The number of fused-ring (bicyclic) bond motifs is 1. The first-order chi connectivity index (χ1) is 15.6. The summed E-state index contributed by atoms with van der Waals surface area (Å²) >= 11 is 0. The van der Waals surface area contributed by atoms with Gasteiger partial charge in [-0.1, -0.05) is 69.3 Å². The molecule has 1 spiro atoms. The topological polar surface area (TPSA) is 81.7 Å². The molecule has 0 unspecified atom stereocenters. The van der Waals surface area contributed by atoms with E-state index in [0.29, 0.717) is 18.4 Å². The van der Waals surface area contributed by atoms with Crippen LogP contribution >= 0.6 is 0 Å². The quantitative estimate of drug-likeness (QED) is 0.550. The molecule has 6 nitrogen and oxygen atoms in total. The molecule has 33 heavy (non-hydrogen) atoms. The maximum absolute atomic E-state index is 13.2. The highest BCUT2D eigenvalue weighted by Gasteiger charge is 2.66. The van der Waals surface area contributed by atoms with Crippen LogP contribution in [-0.2, 0) is 31.3 Å². The average Bonchev–Trinajstić information content (AvgIpc) is 3.36. The van der Waals surface area contributed by atoms with Crippen molar-refractivity contribution < 1.29 is 22.7 Å². The van der Waals surface area contributed by atoms with E-state index >= 15 is 0 Å². The van der Waals surface area contributed by atoms with Gasteiger partial charge in [-0.05, 0) is 47.6 Å². The van der Waals surface area contributed by atoms with Crippen LogP contribution in [0.1, 0.15) is 48.7 Å². The molecule has 3 aliphatic rings. The van der Waals surface area contributed by atoms with Crippen molar-refractivity contribution in [2.24, 2.45) is 0 Å². The van der Waals surface area contributed by atoms with Crippen molar-refractivity contribution in [3.05, 3.63) is 83.4 Å². The summed E-state index contributed by atoms with van der Waals surface area (Å²) in [6.07, 6.45) is 3.35. The molecule has 174 valence electrons. The van der Waals surface area contributed by atoms with E-state index < -0.39 is 39.0 Å². The Balaban J connectivity index is 1.48. The van der Waals surface area contributed by atoms with Gasteiger partial charge in [-0.3, -0.25) is 0 Å². The molecule has 3 heterocycles. The predicted molar refractivity (Wildman–Crippen MR) is 125 cm³/mol. The van der Waals surface area contributed by atoms with Gasteiger partial charge in [0.1, 0.15) is 10.9 Å². The molecule has 7 heteroatoms. The summed E-state index contributed by atoms with van der Waals surface area (Å²) in [4.78, 5) is 13.2. The number of esters is 1. The fourth-order valence-corrected chi connectivity index (χ4v) is 7.16. The molecular weight excluding hydrogens is 438 g/mol. The molecule has 5 atom stereocenters. The number of hydrogen-bond acceptors (Lipinski definition) is 5. The Morgan fingerprint density at radius 2 is 1.82 bits per heavy atom. The Labute approximate surface area is 195 Å². The van der Waals surface area contributed by atoms with Gasteiger partial charge < -0.3 is 9.47 Å². The molecule has 2 saturated heterocycles. The second-order valence-electron chi connectivity index (χ2n) is 10.2. The minimum Gasteiger partial charge on any atom is -0.454 e. The second kappa shape index (κ2) is 7.79. The summed E-state index contributed by atoms with van der Waals surface area (Å²) in [5, 5.41) is -0.784. The molecule has 5 rings (SSSR count).